The van der Waals surface area contributed by atoms with Crippen LogP contribution in [0.25, 0.3) is 6.08 Å². The number of carbonyl (C=O) groups excluding carboxylic acids is 1. The van der Waals surface area contributed by atoms with Crippen LogP contribution in [0.2, 0.25) is 0 Å². The molecule has 2 aromatic rings. The van der Waals surface area contributed by atoms with Crippen molar-refractivity contribution in [2.75, 3.05) is 34.3 Å². The number of aromatic nitrogens is 1. The number of rotatable bonds is 8. The zero-order valence-electron chi connectivity index (χ0n) is 15.1. The molecule has 5 nitrogen and oxygen atoms in total. The number of methoxy groups -OCH3 is 1. The molecule has 5 heteroatoms. The Bertz CT molecular complexity index is 699. The second-order valence-corrected chi connectivity index (χ2v) is 6.00. The highest BCUT2D eigenvalue weighted by Crippen LogP contribution is 2.18. The van der Waals surface area contributed by atoms with E-state index in [0.29, 0.717) is 13.1 Å². The lowest BCUT2D eigenvalue weighted by molar-refractivity contribution is -0.126. The maximum absolute atomic E-state index is 12.7. The van der Waals surface area contributed by atoms with Crippen molar-refractivity contribution < 1.29 is 9.53 Å². The highest BCUT2D eigenvalue weighted by Gasteiger charge is 2.12. The number of hydrogen-bond acceptors (Lipinski definition) is 4. The Kier molecular flexibility index (Phi) is 7.16. The highest BCUT2D eigenvalue weighted by atomic mass is 16.5. The smallest absolute Gasteiger partial charge is 0.246 e. The Hall–Kier alpha value is -2.66. The summed E-state index contributed by atoms with van der Waals surface area (Å²) in [6.07, 6.45) is 6.92. The van der Waals surface area contributed by atoms with Crippen molar-refractivity contribution in [2.45, 2.75) is 6.54 Å². The van der Waals surface area contributed by atoms with Crippen molar-refractivity contribution in [1.82, 2.24) is 14.8 Å². The monoisotopic (exact) mass is 339 g/mol. The molecule has 0 unspecified atom stereocenters. The molecule has 0 aliphatic heterocycles. The van der Waals surface area contributed by atoms with Crippen molar-refractivity contribution >= 4 is 12.0 Å². The van der Waals surface area contributed by atoms with Gasteiger partial charge in [0.25, 0.3) is 0 Å². The topological polar surface area (TPSA) is 45.7 Å². The molecular weight excluding hydrogens is 314 g/mol. The van der Waals surface area contributed by atoms with Crippen LogP contribution in [-0.4, -0.2) is 55.0 Å². The zero-order chi connectivity index (χ0) is 18.1. The summed E-state index contributed by atoms with van der Waals surface area (Å²) in [5, 5.41) is 0. The predicted octanol–water partition coefficient (Wildman–Crippen LogP) is 2.69. The summed E-state index contributed by atoms with van der Waals surface area (Å²) in [7, 11) is 5.62. The lowest BCUT2D eigenvalue weighted by Crippen LogP contribution is -2.35. The van der Waals surface area contributed by atoms with Crippen LogP contribution in [0.15, 0.2) is 54.9 Å². The van der Waals surface area contributed by atoms with Gasteiger partial charge >= 0.3 is 0 Å². The van der Waals surface area contributed by atoms with E-state index in [-0.39, 0.29) is 5.91 Å². The summed E-state index contributed by atoms with van der Waals surface area (Å²) in [5.74, 6) is 0.718. The van der Waals surface area contributed by atoms with Gasteiger partial charge in [-0.2, -0.15) is 0 Å². The fraction of sp³-hybridized carbons (Fsp3) is 0.300. The Balaban J connectivity index is 2.12. The molecule has 1 aromatic carbocycles. The van der Waals surface area contributed by atoms with Gasteiger partial charge < -0.3 is 14.5 Å². The van der Waals surface area contributed by atoms with Crippen LogP contribution in [0.1, 0.15) is 11.1 Å². The quantitative estimate of drug-likeness (QED) is 0.694. The molecule has 0 saturated heterocycles. The molecule has 1 amide bonds. The third-order valence-electron chi connectivity index (χ3n) is 3.77. The first-order chi connectivity index (χ1) is 12.1. The van der Waals surface area contributed by atoms with Crippen LogP contribution < -0.4 is 4.74 Å². The van der Waals surface area contributed by atoms with Gasteiger partial charge in [0, 0.05) is 43.7 Å². The summed E-state index contributed by atoms with van der Waals surface area (Å²) in [5.41, 5.74) is 1.90. The summed E-state index contributed by atoms with van der Waals surface area (Å²) in [6.45, 7) is 1.99. The molecule has 0 N–H and O–H groups in total. The molecule has 25 heavy (non-hydrogen) atoms. The van der Waals surface area contributed by atoms with Crippen LogP contribution in [0.4, 0.5) is 0 Å². The molecule has 0 aliphatic carbocycles. The number of para-hydroxylation sites is 1. The maximum Gasteiger partial charge on any atom is 0.246 e. The van der Waals surface area contributed by atoms with Crippen LogP contribution in [0, 0.1) is 0 Å². The maximum atomic E-state index is 12.7. The van der Waals surface area contributed by atoms with E-state index in [4.69, 9.17) is 4.74 Å². The first kappa shape index (κ1) is 18.7. The molecule has 1 aromatic heterocycles. The Morgan fingerprint density at radius 2 is 1.96 bits per heavy atom. The van der Waals surface area contributed by atoms with Gasteiger partial charge in [-0.1, -0.05) is 24.3 Å². The van der Waals surface area contributed by atoms with Crippen molar-refractivity contribution in [3.8, 4) is 5.75 Å². The fourth-order valence-corrected chi connectivity index (χ4v) is 2.37. The Labute approximate surface area is 149 Å². The van der Waals surface area contributed by atoms with Crippen LogP contribution in [0.5, 0.6) is 5.75 Å². The van der Waals surface area contributed by atoms with Crippen LogP contribution >= 0.6 is 0 Å². The molecule has 132 valence electrons. The van der Waals surface area contributed by atoms with Gasteiger partial charge in [0.1, 0.15) is 5.75 Å². The standard InChI is InChI=1S/C20H25N3O2/c1-22(2)13-14-23(16-17-7-6-12-21-15-17)20(24)11-10-18-8-4-5-9-19(18)25-3/h4-12,15H,13-14,16H2,1-3H3. The summed E-state index contributed by atoms with van der Waals surface area (Å²) in [6, 6.07) is 11.5. The minimum absolute atomic E-state index is 0.0309. The zero-order valence-corrected chi connectivity index (χ0v) is 15.1. The number of hydrogen-bond donors (Lipinski definition) is 0. The van der Waals surface area contributed by atoms with Gasteiger partial charge in [-0.3, -0.25) is 9.78 Å². The lowest BCUT2D eigenvalue weighted by Gasteiger charge is -2.23. The average molecular weight is 339 g/mol. The third-order valence-corrected chi connectivity index (χ3v) is 3.77. The van der Waals surface area contributed by atoms with Gasteiger partial charge in [-0.15, -0.1) is 0 Å². The Morgan fingerprint density at radius 1 is 1.16 bits per heavy atom. The number of nitrogens with zero attached hydrogens (tertiary/aromatic N) is 3. The molecule has 0 bridgehead atoms. The van der Waals surface area contributed by atoms with E-state index < -0.39 is 0 Å². The second kappa shape index (κ2) is 9.59. The average Bonchev–Trinajstić information content (AvgIpc) is 2.64. The molecule has 0 spiro atoms. The second-order valence-electron chi connectivity index (χ2n) is 6.00. The lowest BCUT2D eigenvalue weighted by atomic mass is 10.2. The van der Waals surface area contributed by atoms with Gasteiger partial charge in [0.05, 0.1) is 7.11 Å². The number of pyridine rings is 1. The molecular formula is C20H25N3O2. The minimum atomic E-state index is -0.0309. The largest absolute Gasteiger partial charge is 0.496 e. The van der Waals surface area contributed by atoms with Crippen LogP contribution in [0.3, 0.4) is 0 Å². The van der Waals surface area contributed by atoms with E-state index in [1.807, 2.05) is 55.4 Å². The number of benzene rings is 1. The summed E-state index contributed by atoms with van der Waals surface area (Å²) >= 11 is 0. The highest BCUT2D eigenvalue weighted by molar-refractivity contribution is 5.92. The fourth-order valence-electron chi connectivity index (χ4n) is 2.37. The van der Waals surface area contributed by atoms with E-state index in [1.54, 1.807) is 31.7 Å². The molecule has 0 saturated carbocycles. The molecule has 0 radical (unpaired) electrons. The molecule has 1 heterocycles. The predicted molar refractivity (Wildman–Crippen MR) is 100 cm³/mol. The Morgan fingerprint density at radius 3 is 2.64 bits per heavy atom. The summed E-state index contributed by atoms with van der Waals surface area (Å²) in [4.78, 5) is 20.7. The van der Waals surface area contributed by atoms with E-state index in [2.05, 4.69) is 9.88 Å². The molecule has 0 atom stereocenters. The van der Waals surface area contributed by atoms with Crippen molar-refractivity contribution in [1.29, 1.82) is 0 Å². The number of ether oxygens (including phenoxy) is 1. The normalized spacial score (nSPS) is 11.0. The van der Waals surface area contributed by atoms with Gasteiger partial charge in [-0.05, 0) is 37.9 Å². The first-order valence-electron chi connectivity index (χ1n) is 8.24. The SMILES string of the molecule is COc1ccccc1C=CC(=O)N(CCN(C)C)Cc1cccnc1. The molecule has 2 rings (SSSR count). The number of likely N-dealkylation sites (N-methyl/N-ethyl adjacent to an activating group) is 1. The van der Waals surface area contributed by atoms with Crippen molar-refractivity contribution in [3.63, 3.8) is 0 Å². The van der Waals surface area contributed by atoms with Gasteiger partial charge in [0.2, 0.25) is 5.91 Å². The van der Waals surface area contributed by atoms with Crippen molar-refractivity contribution in [2.24, 2.45) is 0 Å². The third kappa shape index (κ3) is 6.04. The van der Waals surface area contributed by atoms with E-state index >= 15 is 0 Å². The van der Waals surface area contributed by atoms with Gasteiger partial charge in [0.15, 0.2) is 0 Å². The van der Waals surface area contributed by atoms with Crippen LogP contribution in [-0.2, 0) is 11.3 Å². The van der Waals surface area contributed by atoms with Gasteiger partial charge in [-0.25, -0.2) is 0 Å². The van der Waals surface area contributed by atoms with E-state index in [1.165, 1.54) is 0 Å². The summed E-state index contributed by atoms with van der Waals surface area (Å²) < 4.78 is 5.32. The van der Waals surface area contributed by atoms with E-state index in [0.717, 1.165) is 23.4 Å². The first-order valence-corrected chi connectivity index (χ1v) is 8.24. The van der Waals surface area contributed by atoms with Crippen molar-refractivity contribution in [3.05, 3.63) is 66.0 Å². The number of amides is 1. The van der Waals surface area contributed by atoms with E-state index in [9.17, 15) is 4.79 Å². The minimum Gasteiger partial charge on any atom is -0.496 e. The molecule has 0 aliphatic rings. The molecule has 0 fully saturated rings. The number of carbonyl (C=O) groups is 1.